The molecule has 1 amide bonds. The number of pyridine rings is 1. The number of carbonyl (C=O) groups is 1. The third-order valence-corrected chi connectivity index (χ3v) is 5.88. The Bertz CT molecular complexity index is 977. The molecule has 4 rings (SSSR count). The first-order valence-electron chi connectivity index (χ1n) is 9.49. The minimum Gasteiger partial charge on any atom is -0.342 e. The zero-order valence-electron chi connectivity index (χ0n) is 16.5. The van der Waals surface area contributed by atoms with Crippen molar-refractivity contribution < 1.29 is 9.18 Å². The van der Waals surface area contributed by atoms with Gasteiger partial charge >= 0.3 is 0 Å². The molecule has 1 aliphatic carbocycles. The predicted molar refractivity (Wildman–Crippen MR) is 103 cm³/mol. The molecule has 0 spiro atoms. The van der Waals surface area contributed by atoms with Crippen molar-refractivity contribution >= 4 is 11.9 Å². The van der Waals surface area contributed by atoms with Gasteiger partial charge in [0.15, 0.2) is 5.82 Å². The van der Waals surface area contributed by atoms with Gasteiger partial charge in [0.05, 0.1) is 11.9 Å². The summed E-state index contributed by atoms with van der Waals surface area (Å²) >= 11 is 0. The van der Waals surface area contributed by atoms with Crippen LogP contribution in [0.5, 0.6) is 0 Å². The lowest BCUT2D eigenvalue weighted by Crippen LogP contribution is -2.39. The highest BCUT2D eigenvalue weighted by Gasteiger charge is 2.59. The number of halogens is 1. The Hall–Kier alpha value is -2.77. The van der Waals surface area contributed by atoms with Crippen molar-refractivity contribution in [3.8, 4) is 11.3 Å². The number of hydrogen-bond acceptors (Lipinski definition) is 5. The van der Waals surface area contributed by atoms with Crippen LogP contribution in [0.2, 0.25) is 0 Å². The molecule has 3 heterocycles. The van der Waals surface area contributed by atoms with Crippen LogP contribution in [-0.4, -0.2) is 51.5 Å². The van der Waals surface area contributed by atoms with E-state index in [1.807, 2.05) is 30.7 Å². The molecule has 3 atom stereocenters. The number of piperidine rings is 1. The van der Waals surface area contributed by atoms with E-state index in [0.717, 1.165) is 19.3 Å². The van der Waals surface area contributed by atoms with E-state index in [1.54, 1.807) is 7.05 Å². The van der Waals surface area contributed by atoms with Crippen LogP contribution in [0.15, 0.2) is 29.3 Å². The predicted octanol–water partition coefficient (Wildman–Crippen LogP) is 1.53. The van der Waals surface area contributed by atoms with Gasteiger partial charge in [0.1, 0.15) is 0 Å². The van der Waals surface area contributed by atoms with Crippen LogP contribution in [-0.2, 0) is 11.8 Å². The van der Waals surface area contributed by atoms with Gasteiger partial charge in [0.2, 0.25) is 11.9 Å². The van der Waals surface area contributed by atoms with Crippen molar-refractivity contribution in [2.75, 3.05) is 25.0 Å². The summed E-state index contributed by atoms with van der Waals surface area (Å²) in [7, 11) is 3.58. The van der Waals surface area contributed by atoms with Crippen molar-refractivity contribution in [1.82, 2.24) is 19.4 Å². The van der Waals surface area contributed by atoms with Gasteiger partial charge in [0, 0.05) is 68.8 Å². The van der Waals surface area contributed by atoms with Crippen LogP contribution in [0.4, 0.5) is 10.3 Å². The standard InChI is InChI=1S/C20H24FN5O2/c1-11(2)19(28)26-9-13-14(10-26)18(13)25(4)20-23-16(7-17(27)24(20)3)12-5-6-22-8-15(12)21/h5-8,11,13-14,18H,9-10H2,1-4H3/t13-,14+,18?. The summed E-state index contributed by atoms with van der Waals surface area (Å²) in [6.45, 7) is 5.31. The quantitative estimate of drug-likeness (QED) is 0.798. The largest absolute Gasteiger partial charge is 0.342 e. The molecule has 7 nitrogen and oxygen atoms in total. The van der Waals surface area contributed by atoms with Crippen molar-refractivity contribution in [2.24, 2.45) is 24.8 Å². The minimum atomic E-state index is -0.511. The molecule has 2 aromatic rings. The average molecular weight is 385 g/mol. The van der Waals surface area contributed by atoms with E-state index < -0.39 is 5.82 Å². The van der Waals surface area contributed by atoms with Crippen LogP contribution in [0.1, 0.15) is 13.8 Å². The molecule has 1 aliphatic heterocycles. The molecule has 0 N–H and O–H groups in total. The summed E-state index contributed by atoms with van der Waals surface area (Å²) in [5, 5.41) is 0. The monoisotopic (exact) mass is 385 g/mol. The maximum atomic E-state index is 14.1. The Morgan fingerprint density at radius 2 is 2.00 bits per heavy atom. The molecule has 148 valence electrons. The number of amides is 1. The normalized spacial score (nSPS) is 23.1. The topological polar surface area (TPSA) is 71.3 Å². The maximum Gasteiger partial charge on any atom is 0.255 e. The average Bonchev–Trinajstić information content (AvgIpc) is 3.16. The van der Waals surface area contributed by atoms with Crippen molar-refractivity contribution in [1.29, 1.82) is 0 Å². The van der Waals surface area contributed by atoms with Gasteiger partial charge in [-0.25, -0.2) is 9.37 Å². The summed E-state index contributed by atoms with van der Waals surface area (Å²) in [5.41, 5.74) is 0.310. The molecule has 8 heteroatoms. The van der Waals surface area contributed by atoms with Crippen LogP contribution in [0.25, 0.3) is 11.3 Å². The Kier molecular flexibility index (Phi) is 4.44. The zero-order valence-corrected chi connectivity index (χ0v) is 16.5. The number of likely N-dealkylation sites (tertiary alicyclic amines) is 1. The molecule has 1 unspecified atom stereocenters. The number of rotatable bonds is 4. The molecule has 1 saturated heterocycles. The number of nitrogens with zero attached hydrogens (tertiary/aromatic N) is 5. The van der Waals surface area contributed by atoms with Gasteiger partial charge in [-0.15, -0.1) is 0 Å². The number of hydrogen-bond donors (Lipinski definition) is 0. The first-order valence-corrected chi connectivity index (χ1v) is 9.49. The molecule has 28 heavy (non-hydrogen) atoms. The molecule has 0 bridgehead atoms. The molecular weight excluding hydrogens is 361 g/mol. The van der Waals surface area contributed by atoms with Gasteiger partial charge in [-0.2, -0.15) is 0 Å². The minimum absolute atomic E-state index is 0.00288. The maximum absolute atomic E-state index is 14.1. The highest BCUT2D eigenvalue weighted by molar-refractivity contribution is 5.78. The Balaban J connectivity index is 1.58. The zero-order chi connectivity index (χ0) is 20.2. The Labute approximate surface area is 162 Å². The molecule has 1 saturated carbocycles. The second kappa shape index (κ2) is 6.68. The summed E-state index contributed by atoms with van der Waals surface area (Å²) in [6.07, 6.45) is 2.59. The lowest BCUT2D eigenvalue weighted by molar-refractivity contribution is -0.133. The fourth-order valence-electron chi connectivity index (χ4n) is 4.31. The molecular formula is C20H24FN5O2. The second-order valence-electron chi connectivity index (χ2n) is 8.02. The lowest BCUT2D eigenvalue weighted by Gasteiger charge is -2.27. The van der Waals surface area contributed by atoms with Gasteiger partial charge < -0.3 is 9.80 Å². The molecule has 2 aliphatic rings. The van der Waals surface area contributed by atoms with E-state index in [2.05, 4.69) is 9.97 Å². The third-order valence-electron chi connectivity index (χ3n) is 5.88. The van der Waals surface area contributed by atoms with E-state index in [4.69, 9.17) is 0 Å². The van der Waals surface area contributed by atoms with Crippen LogP contribution >= 0.6 is 0 Å². The first kappa shape index (κ1) is 18.6. The summed E-state index contributed by atoms with van der Waals surface area (Å²) in [5.74, 6) is 0.942. The van der Waals surface area contributed by atoms with Gasteiger partial charge in [-0.3, -0.25) is 19.1 Å². The highest BCUT2D eigenvalue weighted by atomic mass is 19.1. The van der Waals surface area contributed by atoms with Gasteiger partial charge in [-0.1, -0.05) is 13.8 Å². The van der Waals surface area contributed by atoms with Gasteiger partial charge in [0.25, 0.3) is 5.56 Å². The number of aromatic nitrogens is 3. The van der Waals surface area contributed by atoms with E-state index in [0.29, 0.717) is 23.5 Å². The summed E-state index contributed by atoms with van der Waals surface area (Å²) in [6, 6.07) is 3.08. The smallest absolute Gasteiger partial charge is 0.255 e. The molecule has 2 aromatic heterocycles. The molecule has 0 aromatic carbocycles. The fraction of sp³-hybridized carbons (Fsp3) is 0.500. The van der Waals surface area contributed by atoms with Crippen molar-refractivity contribution in [2.45, 2.75) is 19.9 Å². The highest BCUT2D eigenvalue weighted by Crippen LogP contribution is 2.49. The number of fused-ring (bicyclic) bond motifs is 1. The van der Waals surface area contributed by atoms with E-state index in [9.17, 15) is 14.0 Å². The van der Waals surface area contributed by atoms with Crippen molar-refractivity contribution in [3.05, 3.63) is 40.7 Å². The third kappa shape index (κ3) is 2.96. The Morgan fingerprint density at radius 1 is 1.32 bits per heavy atom. The molecule has 2 fully saturated rings. The SMILES string of the molecule is CC(C)C(=O)N1C[C@@H]2C(N(C)c3nc(-c4ccncc4F)cc(=O)n3C)[C@@H]2C1. The Morgan fingerprint density at radius 3 is 2.61 bits per heavy atom. The first-order chi connectivity index (χ1) is 13.3. The number of carbonyl (C=O) groups excluding carboxylic acids is 1. The van der Waals surface area contributed by atoms with Crippen LogP contribution in [0.3, 0.4) is 0 Å². The van der Waals surface area contributed by atoms with E-state index >= 15 is 0 Å². The summed E-state index contributed by atoms with van der Waals surface area (Å²) in [4.78, 5) is 36.9. The molecule has 0 radical (unpaired) electrons. The van der Waals surface area contributed by atoms with E-state index in [1.165, 1.54) is 22.9 Å². The van der Waals surface area contributed by atoms with E-state index in [-0.39, 0.29) is 29.0 Å². The van der Waals surface area contributed by atoms with Crippen molar-refractivity contribution in [3.63, 3.8) is 0 Å². The second-order valence-corrected chi connectivity index (χ2v) is 8.02. The van der Waals surface area contributed by atoms with Crippen LogP contribution in [0, 0.1) is 23.6 Å². The summed E-state index contributed by atoms with van der Waals surface area (Å²) < 4.78 is 15.6. The lowest BCUT2D eigenvalue weighted by atomic mass is 10.2. The number of anilines is 1. The van der Waals surface area contributed by atoms with Crippen LogP contribution < -0.4 is 10.5 Å². The fourth-order valence-corrected chi connectivity index (χ4v) is 4.31. The van der Waals surface area contributed by atoms with Gasteiger partial charge in [-0.05, 0) is 6.07 Å².